The summed E-state index contributed by atoms with van der Waals surface area (Å²) in [5.41, 5.74) is 0.624. The quantitative estimate of drug-likeness (QED) is 0.894. The Morgan fingerprint density at radius 1 is 1.52 bits per heavy atom. The van der Waals surface area contributed by atoms with Crippen molar-refractivity contribution >= 4 is 33.1 Å². The molecule has 1 N–H and O–H groups in total. The van der Waals surface area contributed by atoms with Crippen molar-refractivity contribution in [2.45, 2.75) is 12.5 Å². The third-order valence-electron chi connectivity index (χ3n) is 3.34. The van der Waals surface area contributed by atoms with Crippen molar-refractivity contribution in [1.29, 1.82) is 5.26 Å². The van der Waals surface area contributed by atoms with Crippen LogP contribution in [-0.4, -0.2) is 43.6 Å². The fourth-order valence-corrected chi connectivity index (χ4v) is 4.33. The molecule has 112 valence electrons. The molecule has 21 heavy (non-hydrogen) atoms. The molecule has 0 amide bonds. The van der Waals surface area contributed by atoms with Crippen LogP contribution < -0.4 is 4.90 Å². The molecular weight excluding hydrogens is 316 g/mol. The number of carboxylic acid groups (broad SMARTS) is 1. The number of carboxylic acids is 1. The Kier molecular flexibility index (Phi) is 4.40. The van der Waals surface area contributed by atoms with Crippen molar-refractivity contribution in [3.05, 3.63) is 28.8 Å². The number of hydrogen-bond acceptors (Lipinski definition) is 5. The molecule has 6 nitrogen and oxygen atoms in total. The third-order valence-corrected chi connectivity index (χ3v) is 5.33. The van der Waals surface area contributed by atoms with Crippen molar-refractivity contribution in [3.63, 3.8) is 0 Å². The van der Waals surface area contributed by atoms with E-state index in [0.29, 0.717) is 17.1 Å². The van der Waals surface area contributed by atoms with E-state index in [-0.39, 0.29) is 23.6 Å². The van der Waals surface area contributed by atoms with Gasteiger partial charge in [-0.15, -0.1) is 0 Å². The van der Waals surface area contributed by atoms with Gasteiger partial charge in [-0.05, 0) is 24.6 Å². The number of hydrogen-bond donors (Lipinski definition) is 1. The van der Waals surface area contributed by atoms with E-state index in [1.165, 1.54) is 11.0 Å². The van der Waals surface area contributed by atoms with E-state index in [9.17, 15) is 18.5 Å². The van der Waals surface area contributed by atoms with Gasteiger partial charge in [-0.25, -0.2) is 8.42 Å². The second kappa shape index (κ2) is 5.92. The Bertz CT molecular complexity index is 711. The van der Waals surface area contributed by atoms with Gasteiger partial charge in [0.15, 0.2) is 9.84 Å². The Hall–Kier alpha value is -1.78. The zero-order valence-electron chi connectivity index (χ0n) is 11.0. The standard InChI is InChI=1S/C13H13ClN2O4S/c14-10-1-2-12(9(5-10)6-15)16(7-13(17)18)11-3-4-21(19,20)8-11/h1-2,5,11H,3-4,7-8H2,(H,17,18). The number of nitriles is 1. The highest BCUT2D eigenvalue weighted by Gasteiger charge is 2.34. The van der Waals surface area contributed by atoms with Crippen LogP contribution in [0.1, 0.15) is 12.0 Å². The molecule has 1 unspecified atom stereocenters. The summed E-state index contributed by atoms with van der Waals surface area (Å²) >= 11 is 5.83. The zero-order valence-corrected chi connectivity index (χ0v) is 12.6. The van der Waals surface area contributed by atoms with Crippen molar-refractivity contribution in [2.75, 3.05) is 23.0 Å². The fraction of sp³-hybridized carbons (Fsp3) is 0.385. The summed E-state index contributed by atoms with van der Waals surface area (Å²) in [6.07, 6.45) is 0.350. The second-order valence-corrected chi connectivity index (χ2v) is 7.52. The van der Waals surface area contributed by atoms with Crippen molar-refractivity contribution in [2.24, 2.45) is 0 Å². The molecular formula is C13H13ClN2O4S. The van der Waals surface area contributed by atoms with E-state index in [0.717, 1.165) is 0 Å². The topological polar surface area (TPSA) is 98.5 Å². The van der Waals surface area contributed by atoms with Crippen LogP contribution in [0.15, 0.2) is 18.2 Å². The molecule has 0 spiro atoms. The first-order valence-corrected chi connectivity index (χ1v) is 8.41. The zero-order chi connectivity index (χ0) is 15.6. The summed E-state index contributed by atoms with van der Waals surface area (Å²) in [5.74, 6) is -1.16. The maximum absolute atomic E-state index is 11.6. The van der Waals surface area contributed by atoms with E-state index in [2.05, 4.69) is 0 Å². The Morgan fingerprint density at radius 3 is 2.76 bits per heavy atom. The van der Waals surface area contributed by atoms with Gasteiger partial charge in [0, 0.05) is 11.1 Å². The molecule has 0 radical (unpaired) electrons. The number of benzene rings is 1. The van der Waals surface area contributed by atoms with E-state index < -0.39 is 21.8 Å². The van der Waals surface area contributed by atoms with E-state index >= 15 is 0 Å². The van der Waals surface area contributed by atoms with Gasteiger partial charge in [-0.2, -0.15) is 5.26 Å². The minimum Gasteiger partial charge on any atom is -0.480 e. The molecule has 0 bridgehead atoms. The van der Waals surface area contributed by atoms with Crippen LogP contribution in [0.2, 0.25) is 5.02 Å². The molecule has 1 fully saturated rings. The highest BCUT2D eigenvalue weighted by Crippen LogP contribution is 2.29. The molecule has 1 aromatic rings. The SMILES string of the molecule is N#Cc1cc(Cl)ccc1N(CC(=O)O)C1CCS(=O)(=O)C1. The van der Waals surface area contributed by atoms with Crippen LogP contribution >= 0.6 is 11.6 Å². The Balaban J connectivity index is 2.42. The maximum Gasteiger partial charge on any atom is 0.323 e. The Morgan fingerprint density at radius 2 is 2.24 bits per heavy atom. The van der Waals surface area contributed by atoms with E-state index in [1.807, 2.05) is 6.07 Å². The van der Waals surface area contributed by atoms with Gasteiger partial charge in [-0.3, -0.25) is 4.79 Å². The van der Waals surface area contributed by atoms with Gasteiger partial charge in [0.1, 0.15) is 12.6 Å². The van der Waals surface area contributed by atoms with Crippen molar-refractivity contribution in [3.8, 4) is 6.07 Å². The van der Waals surface area contributed by atoms with Gasteiger partial charge in [-0.1, -0.05) is 11.6 Å². The summed E-state index contributed by atoms with van der Waals surface area (Å²) in [5, 5.41) is 18.6. The average Bonchev–Trinajstić information content (AvgIpc) is 2.76. The molecule has 1 atom stereocenters. The van der Waals surface area contributed by atoms with Gasteiger partial charge in [0.05, 0.1) is 22.8 Å². The van der Waals surface area contributed by atoms with Crippen LogP contribution in [0.25, 0.3) is 0 Å². The lowest BCUT2D eigenvalue weighted by atomic mass is 10.1. The molecule has 1 aliphatic rings. The van der Waals surface area contributed by atoms with Crippen LogP contribution in [0, 0.1) is 11.3 Å². The van der Waals surface area contributed by atoms with Gasteiger partial charge < -0.3 is 10.0 Å². The fourth-order valence-electron chi connectivity index (χ4n) is 2.43. The molecule has 0 aromatic heterocycles. The highest BCUT2D eigenvalue weighted by atomic mass is 35.5. The Labute approximate surface area is 127 Å². The normalized spacial score (nSPS) is 19.9. The molecule has 0 aliphatic carbocycles. The number of aliphatic carboxylic acids is 1. The predicted octanol–water partition coefficient (Wildman–Crippen LogP) is 1.29. The molecule has 0 saturated carbocycles. The number of halogens is 1. The number of carbonyl (C=O) groups is 1. The molecule has 1 aliphatic heterocycles. The first kappa shape index (κ1) is 15.6. The average molecular weight is 329 g/mol. The smallest absolute Gasteiger partial charge is 0.323 e. The molecule has 1 saturated heterocycles. The van der Waals surface area contributed by atoms with Gasteiger partial charge >= 0.3 is 5.97 Å². The largest absolute Gasteiger partial charge is 0.480 e. The molecule has 1 aromatic carbocycles. The minimum absolute atomic E-state index is 0.0310. The number of nitrogens with zero attached hydrogens (tertiary/aromatic N) is 2. The van der Waals surface area contributed by atoms with Crippen molar-refractivity contribution in [1.82, 2.24) is 0 Å². The predicted molar refractivity (Wildman–Crippen MR) is 78.2 cm³/mol. The lowest BCUT2D eigenvalue weighted by Gasteiger charge is -2.29. The summed E-state index contributed by atoms with van der Waals surface area (Å²) in [7, 11) is -3.16. The number of rotatable bonds is 4. The monoisotopic (exact) mass is 328 g/mol. The lowest BCUT2D eigenvalue weighted by molar-refractivity contribution is -0.135. The van der Waals surface area contributed by atoms with Crippen LogP contribution in [0.5, 0.6) is 0 Å². The van der Waals surface area contributed by atoms with Crippen LogP contribution in [0.4, 0.5) is 5.69 Å². The highest BCUT2D eigenvalue weighted by molar-refractivity contribution is 7.91. The van der Waals surface area contributed by atoms with Crippen molar-refractivity contribution < 1.29 is 18.3 Å². The number of sulfone groups is 1. The molecule has 2 rings (SSSR count). The van der Waals surface area contributed by atoms with Crippen LogP contribution in [-0.2, 0) is 14.6 Å². The summed E-state index contributed by atoms with van der Waals surface area (Å²) in [6, 6.07) is 6.06. The first-order valence-electron chi connectivity index (χ1n) is 6.21. The number of anilines is 1. The third kappa shape index (κ3) is 3.65. The second-order valence-electron chi connectivity index (χ2n) is 4.85. The first-order chi connectivity index (χ1) is 9.82. The van der Waals surface area contributed by atoms with Gasteiger partial charge in [0.25, 0.3) is 0 Å². The maximum atomic E-state index is 11.6. The molecule has 8 heteroatoms. The van der Waals surface area contributed by atoms with E-state index in [1.54, 1.807) is 12.1 Å². The van der Waals surface area contributed by atoms with E-state index in [4.69, 9.17) is 16.7 Å². The van der Waals surface area contributed by atoms with Crippen LogP contribution in [0.3, 0.4) is 0 Å². The lowest BCUT2D eigenvalue weighted by Crippen LogP contribution is -2.40. The van der Waals surface area contributed by atoms with Gasteiger partial charge in [0.2, 0.25) is 0 Å². The summed E-state index contributed by atoms with van der Waals surface area (Å²) in [6.45, 7) is -0.365. The summed E-state index contributed by atoms with van der Waals surface area (Å²) in [4.78, 5) is 12.5. The molecule has 1 heterocycles. The summed E-state index contributed by atoms with van der Waals surface area (Å²) < 4.78 is 23.2. The minimum atomic E-state index is -3.16.